The molecule has 0 aromatic heterocycles. The lowest BCUT2D eigenvalue weighted by Crippen LogP contribution is -2.53. The van der Waals surface area contributed by atoms with Crippen molar-refractivity contribution in [3.8, 4) is 5.75 Å². The first kappa shape index (κ1) is 15.3. The molecule has 1 fully saturated rings. The molecule has 114 valence electrons. The zero-order chi connectivity index (χ0) is 15.2. The highest BCUT2D eigenvalue weighted by Crippen LogP contribution is 2.15. The molecule has 1 aliphatic rings. The van der Waals surface area contributed by atoms with Gasteiger partial charge in [0.25, 0.3) is 0 Å². The van der Waals surface area contributed by atoms with Gasteiger partial charge in [0.05, 0.1) is 26.2 Å². The van der Waals surface area contributed by atoms with Crippen LogP contribution in [0.25, 0.3) is 0 Å². The van der Waals surface area contributed by atoms with E-state index in [1.807, 2.05) is 19.1 Å². The average Bonchev–Trinajstić information content (AvgIpc) is 2.49. The van der Waals surface area contributed by atoms with E-state index in [0.29, 0.717) is 19.8 Å². The van der Waals surface area contributed by atoms with E-state index in [1.54, 1.807) is 12.1 Å². The summed E-state index contributed by atoms with van der Waals surface area (Å²) >= 11 is 0. The molecule has 0 bridgehead atoms. The Morgan fingerprint density at radius 3 is 2.71 bits per heavy atom. The molecule has 2 rings (SSSR count). The van der Waals surface area contributed by atoms with Gasteiger partial charge in [-0.15, -0.1) is 0 Å². The van der Waals surface area contributed by atoms with Crippen molar-refractivity contribution < 1.29 is 24.2 Å². The molecule has 21 heavy (non-hydrogen) atoms. The highest BCUT2D eigenvalue weighted by Gasteiger charge is 2.32. The summed E-state index contributed by atoms with van der Waals surface area (Å²) in [6.45, 7) is 3.23. The fourth-order valence-corrected chi connectivity index (χ4v) is 2.25. The van der Waals surface area contributed by atoms with Crippen LogP contribution in [-0.2, 0) is 20.7 Å². The van der Waals surface area contributed by atoms with Crippen molar-refractivity contribution in [3.63, 3.8) is 0 Å². The first-order valence-corrected chi connectivity index (χ1v) is 6.93. The molecular weight excluding hydrogens is 274 g/mol. The summed E-state index contributed by atoms with van der Waals surface area (Å²) in [5, 5.41) is 9.13. The second kappa shape index (κ2) is 7.08. The number of rotatable bonds is 5. The Hall–Kier alpha value is -2.08. The highest BCUT2D eigenvalue weighted by molar-refractivity contribution is 5.85. The van der Waals surface area contributed by atoms with Crippen LogP contribution in [0.15, 0.2) is 24.3 Å². The summed E-state index contributed by atoms with van der Waals surface area (Å²) in [5.74, 6) is -0.479. The summed E-state index contributed by atoms with van der Waals surface area (Å²) in [4.78, 5) is 24.8. The minimum Gasteiger partial charge on any atom is -0.494 e. The van der Waals surface area contributed by atoms with Crippen LogP contribution >= 0.6 is 0 Å². The quantitative estimate of drug-likeness (QED) is 0.874. The van der Waals surface area contributed by atoms with Crippen LogP contribution in [0, 0.1) is 0 Å². The van der Waals surface area contributed by atoms with Crippen molar-refractivity contribution in [1.29, 1.82) is 0 Å². The molecule has 1 N–H and O–H groups in total. The Kier molecular flexibility index (Phi) is 5.16. The number of amides is 1. The summed E-state index contributed by atoms with van der Waals surface area (Å²) in [6, 6.07) is 6.35. The Morgan fingerprint density at radius 2 is 2.10 bits per heavy atom. The van der Waals surface area contributed by atoms with E-state index in [1.165, 1.54) is 4.90 Å². The first-order chi connectivity index (χ1) is 10.1. The van der Waals surface area contributed by atoms with Crippen molar-refractivity contribution in [3.05, 3.63) is 29.8 Å². The van der Waals surface area contributed by atoms with Gasteiger partial charge in [0.2, 0.25) is 5.91 Å². The maximum atomic E-state index is 12.3. The number of morpholine rings is 1. The monoisotopic (exact) mass is 293 g/mol. The lowest BCUT2D eigenvalue weighted by molar-refractivity contribution is -0.158. The van der Waals surface area contributed by atoms with Crippen molar-refractivity contribution in [2.75, 3.05) is 26.4 Å². The minimum atomic E-state index is -1.03. The highest BCUT2D eigenvalue weighted by atomic mass is 16.5. The van der Waals surface area contributed by atoms with Crippen molar-refractivity contribution in [1.82, 2.24) is 4.90 Å². The second-order valence-electron chi connectivity index (χ2n) is 4.77. The van der Waals surface area contributed by atoms with Crippen LogP contribution in [0.4, 0.5) is 0 Å². The van der Waals surface area contributed by atoms with Gasteiger partial charge in [-0.25, -0.2) is 4.79 Å². The smallest absolute Gasteiger partial charge is 0.328 e. The molecule has 6 nitrogen and oxygen atoms in total. The lowest BCUT2D eigenvalue weighted by atomic mass is 10.1. The molecule has 6 heteroatoms. The molecule has 0 saturated carbocycles. The molecule has 0 radical (unpaired) electrons. The molecular formula is C15H19NO5. The number of ether oxygens (including phenoxy) is 2. The maximum Gasteiger partial charge on any atom is 0.328 e. The van der Waals surface area contributed by atoms with Gasteiger partial charge in [0.1, 0.15) is 5.75 Å². The minimum absolute atomic E-state index is 0.0460. The number of carbonyl (C=O) groups excluding carboxylic acids is 1. The van der Waals surface area contributed by atoms with E-state index in [-0.39, 0.29) is 18.9 Å². The molecule has 1 saturated heterocycles. The van der Waals surface area contributed by atoms with Gasteiger partial charge in [-0.1, -0.05) is 12.1 Å². The van der Waals surface area contributed by atoms with Crippen LogP contribution in [0.3, 0.4) is 0 Å². The number of carbonyl (C=O) groups is 2. The molecule has 1 atom stereocenters. The van der Waals surface area contributed by atoms with E-state index < -0.39 is 12.0 Å². The predicted octanol–water partition coefficient (Wildman–Crippen LogP) is 0.940. The molecule has 0 spiro atoms. The van der Waals surface area contributed by atoms with Gasteiger partial charge in [0, 0.05) is 6.54 Å². The Bertz CT molecular complexity index is 499. The van der Waals surface area contributed by atoms with E-state index >= 15 is 0 Å². The van der Waals surface area contributed by atoms with E-state index in [4.69, 9.17) is 14.6 Å². The fourth-order valence-electron chi connectivity index (χ4n) is 2.25. The molecule has 1 aromatic rings. The Labute approximate surface area is 123 Å². The molecule has 1 aliphatic heterocycles. The predicted molar refractivity (Wildman–Crippen MR) is 75.3 cm³/mol. The normalized spacial score (nSPS) is 18.3. The topological polar surface area (TPSA) is 76.1 Å². The van der Waals surface area contributed by atoms with E-state index in [2.05, 4.69) is 0 Å². The van der Waals surface area contributed by atoms with E-state index in [9.17, 15) is 9.59 Å². The van der Waals surface area contributed by atoms with Gasteiger partial charge >= 0.3 is 5.97 Å². The summed E-state index contributed by atoms with van der Waals surface area (Å²) in [7, 11) is 0. The third-order valence-electron chi connectivity index (χ3n) is 3.32. The molecule has 1 amide bonds. The fraction of sp³-hybridized carbons (Fsp3) is 0.467. The van der Waals surface area contributed by atoms with Crippen molar-refractivity contribution >= 4 is 11.9 Å². The first-order valence-electron chi connectivity index (χ1n) is 6.93. The van der Waals surface area contributed by atoms with Crippen molar-refractivity contribution in [2.45, 2.75) is 19.4 Å². The Balaban J connectivity index is 2.00. The van der Waals surface area contributed by atoms with Gasteiger partial charge in [0.15, 0.2) is 6.04 Å². The zero-order valence-corrected chi connectivity index (χ0v) is 11.9. The Morgan fingerprint density at radius 1 is 1.38 bits per heavy atom. The molecule has 1 unspecified atom stereocenters. The van der Waals surface area contributed by atoms with Crippen LogP contribution in [0.1, 0.15) is 12.5 Å². The third-order valence-corrected chi connectivity index (χ3v) is 3.32. The number of aliphatic carboxylic acids is 1. The summed E-state index contributed by atoms with van der Waals surface area (Å²) in [6.07, 6.45) is 0.177. The number of hydrogen-bond donors (Lipinski definition) is 1. The standard InChI is InChI=1S/C15H19NO5/c1-2-21-12-5-3-11(4-6-12)9-14(17)16-7-8-20-10-13(16)15(18)19/h3-6,13H,2,7-10H2,1H3,(H,18,19). The second-order valence-corrected chi connectivity index (χ2v) is 4.77. The third kappa shape index (κ3) is 3.95. The van der Waals surface area contributed by atoms with Crippen LogP contribution in [-0.4, -0.2) is 54.3 Å². The van der Waals surface area contributed by atoms with E-state index in [0.717, 1.165) is 11.3 Å². The zero-order valence-electron chi connectivity index (χ0n) is 11.9. The summed E-state index contributed by atoms with van der Waals surface area (Å²) in [5.41, 5.74) is 0.832. The lowest BCUT2D eigenvalue weighted by Gasteiger charge is -2.32. The number of benzene rings is 1. The number of nitrogens with zero attached hydrogens (tertiary/aromatic N) is 1. The molecule has 1 heterocycles. The number of hydrogen-bond acceptors (Lipinski definition) is 4. The van der Waals surface area contributed by atoms with Gasteiger partial charge < -0.3 is 19.5 Å². The van der Waals surface area contributed by atoms with Crippen molar-refractivity contribution in [2.24, 2.45) is 0 Å². The number of carboxylic acids is 1. The summed E-state index contributed by atoms with van der Waals surface area (Å²) < 4.78 is 10.5. The SMILES string of the molecule is CCOc1ccc(CC(=O)N2CCOCC2C(=O)O)cc1. The number of carboxylic acid groups (broad SMARTS) is 1. The molecule has 1 aromatic carbocycles. The van der Waals surface area contributed by atoms with Crippen LogP contribution < -0.4 is 4.74 Å². The average molecular weight is 293 g/mol. The van der Waals surface area contributed by atoms with Gasteiger partial charge in [-0.2, -0.15) is 0 Å². The molecule has 0 aliphatic carbocycles. The van der Waals surface area contributed by atoms with Crippen LogP contribution in [0.2, 0.25) is 0 Å². The van der Waals surface area contributed by atoms with Gasteiger partial charge in [-0.05, 0) is 24.6 Å². The van der Waals surface area contributed by atoms with Gasteiger partial charge in [-0.3, -0.25) is 4.79 Å². The maximum absolute atomic E-state index is 12.3. The van der Waals surface area contributed by atoms with Crippen LogP contribution in [0.5, 0.6) is 5.75 Å². The largest absolute Gasteiger partial charge is 0.494 e.